The molecule has 0 spiro atoms. The first kappa shape index (κ1) is 23.5. The highest BCUT2D eigenvalue weighted by Crippen LogP contribution is 2.51. The van der Waals surface area contributed by atoms with Crippen molar-refractivity contribution in [2.75, 3.05) is 19.6 Å². The summed E-state index contributed by atoms with van der Waals surface area (Å²) in [6, 6.07) is 15.8. The second-order valence-corrected chi connectivity index (χ2v) is 9.47. The highest BCUT2D eigenvalue weighted by atomic mass is 15.1. The predicted octanol–water partition coefficient (Wildman–Crippen LogP) is 7.83. The highest BCUT2D eigenvalue weighted by Gasteiger charge is 2.36. The topological polar surface area (TPSA) is 3.24 Å². The number of aryl methyl sites for hydroxylation is 2. The Morgan fingerprint density at radius 1 is 0.871 bits per heavy atom. The minimum absolute atomic E-state index is 0.0227. The third-order valence-corrected chi connectivity index (χ3v) is 7.42. The molecule has 31 heavy (non-hydrogen) atoms. The van der Waals surface area contributed by atoms with Crippen LogP contribution in [0.2, 0.25) is 0 Å². The molecule has 0 radical (unpaired) electrons. The van der Waals surface area contributed by atoms with E-state index in [1.54, 1.807) is 5.56 Å². The van der Waals surface area contributed by atoms with E-state index in [-0.39, 0.29) is 5.41 Å². The quantitative estimate of drug-likeness (QED) is 0.397. The number of allylic oxidation sites excluding steroid dienone is 4. The third kappa shape index (κ3) is 4.58. The standard InChI is InChI=1S/C30H41N/c1-8-25-27-20-15-18-24(17-13-14-21-31(9-2)10-3)29(27)30(6,7)23(5)28(25)26-19-12-11-16-22(26)4/h8,11-12,15-16,18-20H,9-10,13-14,17,21H2,1-7H3/b25-8-. The summed E-state index contributed by atoms with van der Waals surface area (Å²) in [7, 11) is 0. The molecule has 2 aromatic rings. The molecule has 0 atom stereocenters. The zero-order valence-corrected chi connectivity index (χ0v) is 20.8. The van der Waals surface area contributed by atoms with Gasteiger partial charge in [0, 0.05) is 5.41 Å². The number of fused-ring (bicyclic) bond motifs is 1. The van der Waals surface area contributed by atoms with Crippen LogP contribution in [0.4, 0.5) is 0 Å². The number of hydrogen-bond acceptors (Lipinski definition) is 1. The van der Waals surface area contributed by atoms with Gasteiger partial charge in [-0.05, 0) is 98.6 Å². The third-order valence-electron chi connectivity index (χ3n) is 7.42. The number of hydrogen-bond donors (Lipinski definition) is 0. The highest BCUT2D eigenvalue weighted by molar-refractivity contribution is 6.09. The molecule has 0 saturated carbocycles. The second kappa shape index (κ2) is 10.0. The monoisotopic (exact) mass is 415 g/mol. The Labute approximate surface area is 190 Å². The molecular weight excluding hydrogens is 374 g/mol. The van der Waals surface area contributed by atoms with Crippen LogP contribution < -0.4 is 0 Å². The first-order valence-electron chi connectivity index (χ1n) is 12.2. The van der Waals surface area contributed by atoms with E-state index in [0.29, 0.717) is 0 Å². The lowest BCUT2D eigenvalue weighted by molar-refractivity contribution is 0.297. The van der Waals surface area contributed by atoms with Crippen molar-refractivity contribution in [3.63, 3.8) is 0 Å². The van der Waals surface area contributed by atoms with E-state index in [0.717, 1.165) is 19.5 Å². The van der Waals surface area contributed by atoms with Crippen LogP contribution in [0.15, 0.2) is 54.1 Å². The fraction of sp³-hybridized carbons (Fsp3) is 0.467. The molecule has 1 aliphatic carbocycles. The van der Waals surface area contributed by atoms with Gasteiger partial charge in [-0.2, -0.15) is 0 Å². The van der Waals surface area contributed by atoms with Gasteiger partial charge in [0.25, 0.3) is 0 Å². The van der Waals surface area contributed by atoms with E-state index >= 15 is 0 Å². The number of unbranched alkanes of at least 4 members (excludes halogenated alkanes) is 1. The molecule has 0 amide bonds. The summed E-state index contributed by atoms with van der Waals surface area (Å²) in [5.41, 5.74) is 11.6. The van der Waals surface area contributed by atoms with Gasteiger partial charge < -0.3 is 4.90 Å². The molecule has 0 unspecified atom stereocenters. The van der Waals surface area contributed by atoms with Crippen molar-refractivity contribution >= 4 is 11.1 Å². The SMILES string of the molecule is C/C=C1\C(c2ccccc2C)=C(C)C(C)(C)c2c(CCCCN(CC)CC)cccc21. The summed E-state index contributed by atoms with van der Waals surface area (Å²) in [5, 5.41) is 0. The maximum atomic E-state index is 2.53. The van der Waals surface area contributed by atoms with Crippen LogP contribution in [0.5, 0.6) is 0 Å². The van der Waals surface area contributed by atoms with E-state index in [4.69, 9.17) is 0 Å². The van der Waals surface area contributed by atoms with Crippen molar-refractivity contribution in [1.29, 1.82) is 0 Å². The average molecular weight is 416 g/mol. The maximum absolute atomic E-state index is 2.53. The summed E-state index contributed by atoms with van der Waals surface area (Å²) in [6.07, 6.45) is 6.01. The maximum Gasteiger partial charge on any atom is 0.0121 e. The molecule has 3 rings (SSSR count). The lowest BCUT2D eigenvalue weighted by Crippen LogP contribution is -2.28. The number of rotatable bonds is 8. The minimum Gasteiger partial charge on any atom is -0.304 e. The van der Waals surface area contributed by atoms with Gasteiger partial charge in [0.2, 0.25) is 0 Å². The Hall–Kier alpha value is -2.12. The minimum atomic E-state index is 0.0227. The Balaban J connectivity index is 2.00. The Morgan fingerprint density at radius 3 is 2.19 bits per heavy atom. The molecule has 0 aromatic heterocycles. The lowest BCUT2D eigenvalue weighted by atomic mass is 9.64. The smallest absolute Gasteiger partial charge is 0.0121 e. The van der Waals surface area contributed by atoms with Crippen molar-refractivity contribution in [3.8, 4) is 0 Å². The van der Waals surface area contributed by atoms with E-state index < -0.39 is 0 Å². The number of benzene rings is 2. The van der Waals surface area contributed by atoms with Crippen molar-refractivity contribution in [3.05, 3.63) is 81.9 Å². The van der Waals surface area contributed by atoms with E-state index in [2.05, 4.69) is 102 Å². The fourth-order valence-corrected chi connectivity index (χ4v) is 5.30. The van der Waals surface area contributed by atoms with Crippen LogP contribution in [-0.2, 0) is 11.8 Å². The van der Waals surface area contributed by atoms with E-state index in [9.17, 15) is 0 Å². The Kier molecular flexibility index (Phi) is 7.59. The van der Waals surface area contributed by atoms with Crippen molar-refractivity contribution < 1.29 is 0 Å². The van der Waals surface area contributed by atoms with Crippen molar-refractivity contribution in [1.82, 2.24) is 4.90 Å². The van der Waals surface area contributed by atoms with Crippen molar-refractivity contribution in [2.24, 2.45) is 0 Å². The molecule has 1 aliphatic rings. The first-order chi connectivity index (χ1) is 14.9. The van der Waals surface area contributed by atoms with Gasteiger partial charge in [-0.3, -0.25) is 0 Å². The molecule has 1 heteroatoms. The van der Waals surface area contributed by atoms with Crippen LogP contribution in [0.1, 0.15) is 82.2 Å². The zero-order chi connectivity index (χ0) is 22.6. The average Bonchev–Trinajstić information content (AvgIpc) is 2.77. The van der Waals surface area contributed by atoms with Crippen LogP contribution in [0.3, 0.4) is 0 Å². The van der Waals surface area contributed by atoms with Gasteiger partial charge >= 0.3 is 0 Å². The van der Waals surface area contributed by atoms with Gasteiger partial charge in [0.15, 0.2) is 0 Å². The Morgan fingerprint density at radius 2 is 1.55 bits per heavy atom. The van der Waals surface area contributed by atoms with Crippen molar-refractivity contribution in [2.45, 2.75) is 73.1 Å². The molecule has 0 fully saturated rings. The summed E-state index contributed by atoms with van der Waals surface area (Å²) >= 11 is 0. The molecule has 0 N–H and O–H groups in total. The lowest BCUT2D eigenvalue weighted by Gasteiger charge is -2.39. The largest absolute Gasteiger partial charge is 0.304 e. The molecule has 0 saturated heterocycles. The fourth-order valence-electron chi connectivity index (χ4n) is 5.30. The van der Waals surface area contributed by atoms with Crippen LogP contribution in [0, 0.1) is 6.92 Å². The molecule has 2 aromatic carbocycles. The van der Waals surface area contributed by atoms with E-state index in [1.165, 1.54) is 58.4 Å². The van der Waals surface area contributed by atoms with Crippen LogP contribution in [-0.4, -0.2) is 24.5 Å². The molecule has 0 bridgehead atoms. The summed E-state index contributed by atoms with van der Waals surface area (Å²) in [6.45, 7) is 19.7. The summed E-state index contributed by atoms with van der Waals surface area (Å²) < 4.78 is 0. The zero-order valence-electron chi connectivity index (χ0n) is 20.8. The predicted molar refractivity (Wildman–Crippen MR) is 138 cm³/mol. The summed E-state index contributed by atoms with van der Waals surface area (Å²) in [5.74, 6) is 0. The van der Waals surface area contributed by atoms with Gasteiger partial charge in [0.1, 0.15) is 0 Å². The second-order valence-electron chi connectivity index (χ2n) is 9.47. The molecule has 0 heterocycles. The van der Waals surface area contributed by atoms with Gasteiger partial charge in [0.05, 0.1) is 0 Å². The number of nitrogens with zero attached hydrogens (tertiary/aromatic N) is 1. The van der Waals surface area contributed by atoms with E-state index in [1.807, 2.05) is 0 Å². The van der Waals surface area contributed by atoms with Gasteiger partial charge in [-0.1, -0.05) is 81.8 Å². The van der Waals surface area contributed by atoms with Crippen LogP contribution in [0.25, 0.3) is 11.1 Å². The molecule has 166 valence electrons. The first-order valence-corrected chi connectivity index (χ1v) is 12.2. The van der Waals surface area contributed by atoms with Gasteiger partial charge in [-0.25, -0.2) is 0 Å². The molecule has 1 nitrogen and oxygen atoms in total. The normalized spacial score (nSPS) is 16.8. The Bertz CT molecular complexity index is 970. The molecular formula is C30H41N. The summed E-state index contributed by atoms with van der Waals surface area (Å²) in [4.78, 5) is 2.53. The van der Waals surface area contributed by atoms with Crippen LogP contribution >= 0.6 is 0 Å². The molecule has 0 aliphatic heterocycles. The van der Waals surface area contributed by atoms with Gasteiger partial charge in [-0.15, -0.1) is 0 Å².